The maximum atomic E-state index is 12.0. The summed E-state index contributed by atoms with van der Waals surface area (Å²) in [6.07, 6.45) is 2.96. The molecule has 0 spiro atoms. The Morgan fingerprint density at radius 1 is 1.35 bits per heavy atom. The second kappa shape index (κ2) is 8.25. The van der Waals surface area contributed by atoms with Crippen molar-refractivity contribution in [1.82, 2.24) is 0 Å². The fourth-order valence-corrected chi connectivity index (χ4v) is 1.51. The summed E-state index contributed by atoms with van der Waals surface area (Å²) in [5.41, 5.74) is 6.78. The van der Waals surface area contributed by atoms with Gasteiger partial charge in [-0.2, -0.15) is 8.78 Å². The van der Waals surface area contributed by atoms with Gasteiger partial charge in [0.25, 0.3) is 0 Å². The first kappa shape index (κ1) is 16.1. The van der Waals surface area contributed by atoms with Crippen molar-refractivity contribution in [2.45, 2.75) is 38.8 Å². The number of ether oxygens (including phenoxy) is 1. The highest BCUT2D eigenvalue weighted by atomic mass is 35.5. The minimum atomic E-state index is -2.79. The van der Waals surface area contributed by atoms with Crippen molar-refractivity contribution >= 4 is 12.4 Å². The third kappa shape index (κ3) is 5.84. The predicted octanol–water partition coefficient (Wildman–Crippen LogP) is 3.90. The first-order valence-corrected chi connectivity index (χ1v) is 5.43. The van der Waals surface area contributed by atoms with Crippen LogP contribution in [0, 0.1) is 0 Å². The summed E-state index contributed by atoms with van der Waals surface area (Å²) in [4.78, 5) is 0. The SMILES string of the molecule is CCCC[C@@H](N)c1cccc(OC(F)F)c1.Cl. The third-order valence-corrected chi connectivity index (χ3v) is 2.38. The standard InChI is InChI=1S/C12H17F2NO.ClH/c1-2-3-7-11(15)9-5-4-6-10(8-9)16-12(13)14;/h4-6,8,11-12H,2-3,7,15H2,1H3;1H/t11-;/m1./s1. The Kier molecular flexibility index (Phi) is 7.83. The Bertz CT molecular complexity index is 323. The Hall–Kier alpha value is -0.870. The molecule has 0 heterocycles. The number of unbranched alkanes of at least 4 members (excludes halogenated alkanes) is 1. The van der Waals surface area contributed by atoms with E-state index in [1.165, 1.54) is 6.07 Å². The Morgan fingerprint density at radius 2 is 2.06 bits per heavy atom. The quantitative estimate of drug-likeness (QED) is 0.847. The van der Waals surface area contributed by atoms with Crippen LogP contribution < -0.4 is 10.5 Å². The van der Waals surface area contributed by atoms with Crippen molar-refractivity contribution in [2.75, 3.05) is 0 Å². The molecule has 1 rings (SSSR count). The van der Waals surface area contributed by atoms with Crippen LogP contribution in [0.15, 0.2) is 24.3 Å². The summed E-state index contributed by atoms with van der Waals surface area (Å²) in [6, 6.07) is 6.48. The number of hydrogen-bond donors (Lipinski definition) is 1. The topological polar surface area (TPSA) is 35.2 Å². The molecule has 0 radical (unpaired) electrons. The van der Waals surface area contributed by atoms with Crippen molar-refractivity contribution < 1.29 is 13.5 Å². The van der Waals surface area contributed by atoms with Gasteiger partial charge in [0.2, 0.25) is 0 Å². The molecule has 0 fully saturated rings. The Balaban J connectivity index is 0.00000256. The van der Waals surface area contributed by atoms with E-state index < -0.39 is 6.61 Å². The average Bonchev–Trinajstić information content (AvgIpc) is 2.25. The van der Waals surface area contributed by atoms with Gasteiger partial charge in [-0.25, -0.2) is 0 Å². The smallest absolute Gasteiger partial charge is 0.387 e. The number of rotatable bonds is 6. The van der Waals surface area contributed by atoms with E-state index in [0.29, 0.717) is 0 Å². The highest BCUT2D eigenvalue weighted by molar-refractivity contribution is 5.85. The maximum Gasteiger partial charge on any atom is 0.387 e. The van der Waals surface area contributed by atoms with E-state index in [1.54, 1.807) is 12.1 Å². The van der Waals surface area contributed by atoms with Crippen molar-refractivity contribution in [1.29, 1.82) is 0 Å². The molecular weight excluding hydrogens is 248 g/mol. The number of nitrogens with two attached hydrogens (primary N) is 1. The van der Waals surface area contributed by atoms with Gasteiger partial charge in [-0.3, -0.25) is 0 Å². The molecule has 1 aromatic rings. The highest BCUT2D eigenvalue weighted by Gasteiger charge is 2.08. The summed E-state index contributed by atoms with van der Waals surface area (Å²) in [5, 5.41) is 0. The van der Waals surface area contributed by atoms with Gasteiger partial charge in [0.1, 0.15) is 5.75 Å². The lowest BCUT2D eigenvalue weighted by molar-refractivity contribution is -0.0499. The first-order chi connectivity index (χ1) is 7.63. The molecule has 1 aromatic carbocycles. The fraction of sp³-hybridized carbons (Fsp3) is 0.500. The summed E-state index contributed by atoms with van der Waals surface area (Å²) >= 11 is 0. The molecule has 0 aliphatic rings. The molecular formula is C12H18ClF2NO. The van der Waals surface area contributed by atoms with Crippen LogP contribution in [0.25, 0.3) is 0 Å². The minimum absolute atomic E-state index is 0. The van der Waals surface area contributed by atoms with Gasteiger partial charge >= 0.3 is 6.61 Å². The van der Waals surface area contributed by atoms with E-state index in [0.717, 1.165) is 24.8 Å². The lowest BCUT2D eigenvalue weighted by atomic mass is 10.0. The van der Waals surface area contributed by atoms with E-state index in [1.807, 2.05) is 6.07 Å². The predicted molar refractivity (Wildman–Crippen MR) is 66.8 cm³/mol. The zero-order valence-corrected chi connectivity index (χ0v) is 10.6. The van der Waals surface area contributed by atoms with Crippen LogP contribution in [-0.2, 0) is 0 Å². The van der Waals surface area contributed by atoms with E-state index in [-0.39, 0.29) is 24.2 Å². The Labute approximate surface area is 107 Å². The van der Waals surface area contributed by atoms with Gasteiger partial charge in [-0.05, 0) is 24.1 Å². The number of halogens is 3. The van der Waals surface area contributed by atoms with Crippen LogP contribution >= 0.6 is 12.4 Å². The van der Waals surface area contributed by atoms with E-state index in [4.69, 9.17) is 5.73 Å². The van der Waals surface area contributed by atoms with Crippen LogP contribution in [0.3, 0.4) is 0 Å². The molecule has 0 saturated heterocycles. The number of benzene rings is 1. The lowest BCUT2D eigenvalue weighted by Gasteiger charge is -2.13. The molecule has 0 aliphatic carbocycles. The van der Waals surface area contributed by atoms with Gasteiger partial charge in [0.05, 0.1) is 0 Å². The molecule has 2 N–H and O–H groups in total. The van der Waals surface area contributed by atoms with Gasteiger partial charge in [0, 0.05) is 6.04 Å². The van der Waals surface area contributed by atoms with Crippen LogP contribution in [0.1, 0.15) is 37.8 Å². The second-order valence-electron chi connectivity index (χ2n) is 3.70. The normalized spacial score (nSPS) is 12.1. The minimum Gasteiger partial charge on any atom is -0.435 e. The molecule has 1 atom stereocenters. The van der Waals surface area contributed by atoms with Crippen molar-refractivity contribution in [3.63, 3.8) is 0 Å². The molecule has 0 bridgehead atoms. The zero-order valence-electron chi connectivity index (χ0n) is 9.74. The molecule has 0 amide bonds. The van der Waals surface area contributed by atoms with E-state index in [9.17, 15) is 8.78 Å². The van der Waals surface area contributed by atoms with Gasteiger partial charge in [0.15, 0.2) is 0 Å². The zero-order chi connectivity index (χ0) is 12.0. The summed E-state index contributed by atoms with van der Waals surface area (Å²) in [5.74, 6) is 0.166. The van der Waals surface area contributed by atoms with Gasteiger partial charge in [-0.1, -0.05) is 31.9 Å². The maximum absolute atomic E-state index is 12.0. The molecule has 5 heteroatoms. The van der Waals surface area contributed by atoms with Crippen LogP contribution in [-0.4, -0.2) is 6.61 Å². The van der Waals surface area contributed by atoms with Crippen molar-refractivity contribution in [2.24, 2.45) is 5.73 Å². The van der Waals surface area contributed by atoms with Crippen LogP contribution in [0.5, 0.6) is 5.75 Å². The Morgan fingerprint density at radius 3 is 2.65 bits per heavy atom. The van der Waals surface area contributed by atoms with Crippen LogP contribution in [0.2, 0.25) is 0 Å². The van der Waals surface area contributed by atoms with Crippen molar-refractivity contribution in [3.8, 4) is 5.75 Å². The van der Waals surface area contributed by atoms with Gasteiger partial charge < -0.3 is 10.5 Å². The summed E-state index contributed by atoms with van der Waals surface area (Å²) in [6.45, 7) is -0.703. The molecule has 0 aliphatic heterocycles. The van der Waals surface area contributed by atoms with Crippen LogP contribution in [0.4, 0.5) is 8.78 Å². The molecule has 0 unspecified atom stereocenters. The summed E-state index contributed by atoms with van der Waals surface area (Å²) in [7, 11) is 0. The van der Waals surface area contributed by atoms with Crippen molar-refractivity contribution in [3.05, 3.63) is 29.8 Å². The third-order valence-electron chi connectivity index (χ3n) is 2.38. The van der Waals surface area contributed by atoms with Gasteiger partial charge in [-0.15, -0.1) is 12.4 Å². The average molecular weight is 266 g/mol. The molecule has 0 saturated carbocycles. The molecule has 98 valence electrons. The van der Waals surface area contributed by atoms with E-state index in [2.05, 4.69) is 11.7 Å². The molecule has 2 nitrogen and oxygen atoms in total. The fourth-order valence-electron chi connectivity index (χ4n) is 1.51. The van der Waals surface area contributed by atoms with E-state index >= 15 is 0 Å². The highest BCUT2D eigenvalue weighted by Crippen LogP contribution is 2.22. The summed E-state index contributed by atoms with van der Waals surface area (Å²) < 4.78 is 28.3. The largest absolute Gasteiger partial charge is 0.435 e. The second-order valence-corrected chi connectivity index (χ2v) is 3.70. The lowest BCUT2D eigenvalue weighted by Crippen LogP contribution is -2.10. The molecule has 0 aromatic heterocycles. The number of hydrogen-bond acceptors (Lipinski definition) is 2. The molecule has 17 heavy (non-hydrogen) atoms. The number of alkyl halides is 2. The first-order valence-electron chi connectivity index (χ1n) is 5.43. The monoisotopic (exact) mass is 265 g/mol.